The summed E-state index contributed by atoms with van der Waals surface area (Å²) in [7, 11) is -7.34. The molecule has 2 atom stereocenters. The van der Waals surface area contributed by atoms with Crippen LogP contribution in [-0.4, -0.2) is 45.5 Å². The summed E-state index contributed by atoms with van der Waals surface area (Å²) in [5.41, 5.74) is 2.54. The SMILES string of the molecule is CC(=O)Nc1ccc(S(=O)(=O)[C@@H]2CS(=O)(=O)C[C@H]2NCc2ccc(C)cc2)cc1. The Morgan fingerprint density at radius 1 is 1.03 bits per heavy atom. The Hall–Kier alpha value is -2.23. The van der Waals surface area contributed by atoms with Gasteiger partial charge in [-0.25, -0.2) is 16.8 Å². The standard InChI is InChI=1S/C20H24N2O5S2/c1-14-3-5-16(6-4-14)11-21-19-12-28(24,25)13-20(19)29(26,27)18-9-7-17(8-10-18)22-15(2)23/h3-10,19-21H,11-13H2,1-2H3,(H,22,23)/t19-,20-/m1/s1. The number of aryl methyl sites for hydroxylation is 1. The number of carbonyl (C=O) groups excluding carboxylic acids is 1. The number of anilines is 1. The lowest BCUT2D eigenvalue weighted by atomic mass is 10.1. The summed E-state index contributed by atoms with van der Waals surface area (Å²) >= 11 is 0. The fourth-order valence-corrected chi connectivity index (χ4v) is 8.09. The monoisotopic (exact) mass is 436 g/mol. The van der Waals surface area contributed by atoms with Crippen molar-refractivity contribution in [1.29, 1.82) is 0 Å². The van der Waals surface area contributed by atoms with Crippen LogP contribution in [0.15, 0.2) is 53.4 Å². The molecule has 0 radical (unpaired) electrons. The Balaban J connectivity index is 1.81. The lowest BCUT2D eigenvalue weighted by molar-refractivity contribution is -0.114. The number of carbonyl (C=O) groups is 1. The summed E-state index contributed by atoms with van der Waals surface area (Å²) in [6.45, 7) is 3.72. The van der Waals surface area contributed by atoms with Crippen molar-refractivity contribution in [3.8, 4) is 0 Å². The third-order valence-electron chi connectivity index (χ3n) is 4.89. The Morgan fingerprint density at radius 2 is 1.66 bits per heavy atom. The van der Waals surface area contributed by atoms with Gasteiger partial charge < -0.3 is 10.6 Å². The Morgan fingerprint density at radius 3 is 2.24 bits per heavy atom. The molecule has 0 bridgehead atoms. The van der Waals surface area contributed by atoms with Gasteiger partial charge in [-0.3, -0.25) is 4.79 Å². The van der Waals surface area contributed by atoms with E-state index in [1.54, 1.807) is 0 Å². The Labute approximate surface area is 171 Å². The van der Waals surface area contributed by atoms with Gasteiger partial charge in [0, 0.05) is 25.2 Å². The molecule has 2 N–H and O–H groups in total. The highest BCUT2D eigenvalue weighted by Gasteiger charge is 2.45. The molecule has 2 aromatic carbocycles. The van der Waals surface area contributed by atoms with E-state index < -0.39 is 36.7 Å². The van der Waals surface area contributed by atoms with E-state index in [1.165, 1.54) is 31.2 Å². The number of benzene rings is 2. The smallest absolute Gasteiger partial charge is 0.221 e. The minimum Gasteiger partial charge on any atom is -0.326 e. The first-order valence-electron chi connectivity index (χ1n) is 9.18. The van der Waals surface area contributed by atoms with Gasteiger partial charge in [-0.15, -0.1) is 0 Å². The molecule has 1 saturated heterocycles. The first-order chi connectivity index (χ1) is 13.6. The fraction of sp³-hybridized carbons (Fsp3) is 0.350. The van der Waals surface area contributed by atoms with Gasteiger partial charge in [0.2, 0.25) is 5.91 Å². The average Bonchev–Trinajstić information content (AvgIpc) is 2.97. The molecule has 0 unspecified atom stereocenters. The molecule has 156 valence electrons. The molecule has 0 saturated carbocycles. The van der Waals surface area contributed by atoms with Gasteiger partial charge in [0.05, 0.1) is 21.7 Å². The van der Waals surface area contributed by atoms with Gasteiger partial charge in [0.15, 0.2) is 19.7 Å². The quantitative estimate of drug-likeness (QED) is 0.713. The molecule has 1 fully saturated rings. The Bertz CT molecular complexity index is 1090. The molecule has 0 aliphatic carbocycles. The average molecular weight is 437 g/mol. The largest absolute Gasteiger partial charge is 0.326 e. The Kier molecular flexibility index (Phi) is 6.11. The normalized spacial score (nSPS) is 21.0. The molecule has 9 heteroatoms. The molecular formula is C20H24N2O5S2. The topological polar surface area (TPSA) is 109 Å². The maximum atomic E-state index is 13.1. The van der Waals surface area contributed by atoms with Crippen LogP contribution >= 0.6 is 0 Å². The van der Waals surface area contributed by atoms with E-state index in [2.05, 4.69) is 10.6 Å². The predicted octanol–water partition coefficient (Wildman–Crippen LogP) is 1.68. The van der Waals surface area contributed by atoms with E-state index in [0.29, 0.717) is 12.2 Å². The summed E-state index contributed by atoms with van der Waals surface area (Å²) in [4.78, 5) is 11.2. The molecule has 1 aliphatic rings. The van der Waals surface area contributed by atoms with Crippen LogP contribution in [0.3, 0.4) is 0 Å². The second-order valence-electron chi connectivity index (χ2n) is 7.34. The van der Waals surface area contributed by atoms with Crippen LogP contribution in [0.2, 0.25) is 0 Å². The van der Waals surface area contributed by atoms with Crippen LogP contribution in [0.5, 0.6) is 0 Å². The van der Waals surface area contributed by atoms with Gasteiger partial charge in [0.1, 0.15) is 0 Å². The van der Waals surface area contributed by atoms with Gasteiger partial charge in [-0.2, -0.15) is 0 Å². The minimum atomic E-state index is -3.87. The third-order valence-corrected chi connectivity index (χ3v) is 9.06. The predicted molar refractivity (Wildman–Crippen MR) is 112 cm³/mol. The lowest BCUT2D eigenvalue weighted by Gasteiger charge is -2.20. The van der Waals surface area contributed by atoms with E-state index in [1.807, 2.05) is 31.2 Å². The van der Waals surface area contributed by atoms with Crippen molar-refractivity contribution in [2.24, 2.45) is 0 Å². The van der Waals surface area contributed by atoms with Crippen LogP contribution in [0, 0.1) is 6.92 Å². The number of hydrogen-bond donors (Lipinski definition) is 2. The second-order valence-corrected chi connectivity index (χ2v) is 11.7. The van der Waals surface area contributed by atoms with Crippen molar-refractivity contribution in [2.45, 2.75) is 36.6 Å². The molecular weight excluding hydrogens is 412 g/mol. The maximum Gasteiger partial charge on any atom is 0.221 e. The zero-order valence-corrected chi connectivity index (χ0v) is 17.9. The molecule has 2 aromatic rings. The van der Waals surface area contributed by atoms with E-state index in [4.69, 9.17) is 0 Å². The molecule has 7 nitrogen and oxygen atoms in total. The zero-order valence-electron chi connectivity index (χ0n) is 16.3. The highest BCUT2D eigenvalue weighted by atomic mass is 32.2. The second kappa shape index (κ2) is 8.25. The summed E-state index contributed by atoms with van der Waals surface area (Å²) < 4.78 is 50.7. The maximum absolute atomic E-state index is 13.1. The van der Waals surface area contributed by atoms with E-state index >= 15 is 0 Å². The van der Waals surface area contributed by atoms with Crippen molar-refractivity contribution in [1.82, 2.24) is 5.32 Å². The van der Waals surface area contributed by atoms with E-state index in [0.717, 1.165) is 11.1 Å². The molecule has 0 spiro atoms. The van der Waals surface area contributed by atoms with Crippen LogP contribution in [-0.2, 0) is 31.0 Å². The van der Waals surface area contributed by atoms with Crippen LogP contribution in [0.4, 0.5) is 5.69 Å². The first kappa shape index (κ1) is 21.5. The van der Waals surface area contributed by atoms with Crippen molar-refractivity contribution in [2.75, 3.05) is 16.8 Å². The summed E-state index contributed by atoms with van der Waals surface area (Å²) in [6, 6.07) is 12.8. The zero-order chi connectivity index (χ0) is 21.2. The van der Waals surface area contributed by atoms with Crippen molar-refractivity contribution in [3.05, 3.63) is 59.7 Å². The summed E-state index contributed by atoms with van der Waals surface area (Å²) in [5.74, 6) is -0.885. The summed E-state index contributed by atoms with van der Waals surface area (Å²) in [5, 5.41) is 4.63. The number of nitrogens with one attached hydrogen (secondary N) is 2. The van der Waals surface area contributed by atoms with Crippen molar-refractivity contribution >= 4 is 31.3 Å². The lowest BCUT2D eigenvalue weighted by Crippen LogP contribution is -2.43. The number of amides is 1. The molecule has 29 heavy (non-hydrogen) atoms. The summed E-state index contributed by atoms with van der Waals surface area (Å²) in [6.07, 6.45) is 0. The molecule has 0 aromatic heterocycles. The van der Waals surface area contributed by atoms with E-state index in [-0.39, 0.29) is 16.6 Å². The van der Waals surface area contributed by atoms with Crippen LogP contribution in [0.25, 0.3) is 0 Å². The fourth-order valence-electron chi connectivity index (χ4n) is 3.37. The van der Waals surface area contributed by atoms with Crippen LogP contribution in [0.1, 0.15) is 18.1 Å². The highest BCUT2D eigenvalue weighted by molar-refractivity contribution is 7.96. The van der Waals surface area contributed by atoms with Crippen molar-refractivity contribution in [3.63, 3.8) is 0 Å². The van der Waals surface area contributed by atoms with E-state index in [9.17, 15) is 21.6 Å². The minimum absolute atomic E-state index is 0.0378. The van der Waals surface area contributed by atoms with Crippen molar-refractivity contribution < 1.29 is 21.6 Å². The molecule has 3 rings (SSSR count). The number of hydrogen-bond acceptors (Lipinski definition) is 6. The molecule has 1 aliphatic heterocycles. The van der Waals surface area contributed by atoms with Gasteiger partial charge in [0.25, 0.3) is 0 Å². The first-order valence-corrected chi connectivity index (χ1v) is 12.5. The number of rotatable bonds is 6. The third kappa shape index (κ3) is 5.23. The van der Waals surface area contributed by atoms with Gasteiger partial charge in [-0.1, -0.05) is 29.8 Å². The highest BCUT2D eigenvalue weighted by Crippen LogP contribution is 2.27. The van der Waals surface area contributed by atoms with Gasteiger partial charge in [-0.05, 0) is 36.8 Å². The molecule has 1 heterocycles. The van der Waals surface area contributed by atoms with Crippen LogP contribution < -0.4 is 10.6 Å². The molecule has 1 amide bonds. The number of sulfone groups is 2. The van der Waals surface area contributed by atoms with Gasteiger partial charge >= 0.3 is 0 Å².